The molecule has 1 aromatic heterocycles. The molecular formula is C19H17FN2O5. The lowest BCUT2D eigenvalue weighted by atomic mass is 10.2. The van der Waals surface area contributed by atoms with Crippen molar-refractivity contribution in [2.45, 2.75) is 13.0 Å². The summed E-state index contributed by atoms with van der Waals surface area (Å²) in [6.45, 7) is 1.59. The maximum absolute atomic E-state index is 13.7. The van der Waals surface area contributed by atoms with E-state index in [1.165, 1.54) is 19.2 Å². The van der Waals surface area contributed by atoms with Crippen LogP contribution in [0.25, 0.3) is 11.5 Å². The van der Waals surface area contributed by atoms with E-state index in [0.29, 0.717) is 11.3 Å². The van der Waals surface area contributed by atoms with E-state index in [-0.39, 0.29) is 23.1 Å². The number of hydrogen-bond donors (Lipinski definition) is 0. The second-order valence-electron chi connectivity index (χ2n) is 5.57. The fourth-order valence-corrected chi connectivity index (χ4v) is 2.32. The molecule has 0 spiro atoms. The first-order valence-corrected chi connectivity index (χ1v) is 8.04. The minimum Gasteiger partial charge on any atom is -0.497 e. The number of rotatable bonds is 6. The Bertz CT molecular complexity index is 940. The largest absolute Gasteiger partial charge is 0.497 e. The average Bonchev–Trinajstić information content (AvgIpc) is 3.18. The Balaban J connectivity index is 1.70. The monoisotopic (exact) mass is 372 g/mol. The Morgan fingerprint density at radius 1 is 1.07 bits per heavy atom. The van der Waals surface area contributed by atoms with Crippen molar-refractivity contribution in [2.75, 3.05) is 14.2 Å². The highest BCUT2D eigenvalue weighted by atomic mass is 19.1. The van der Waals surface area contributed by atoms with E-state index in [1.54, 1.807) is 38.3 Å². The standard InChI is InChI=1S/C19H17FN2O5/c1-11(26-19(23)13-6-9-16(25-3)15(20)10-13)17-21-22-18(27-17)12-4-7-14(24-2)8-5-12/h4-11H,1-3H3. The second kappa shape index (κ2) is 7.86. The highest BCUT2D eigenvalue weighted by molar-refractivity contribution is 5.89. The summed E-state index contributed by atoms with van der Waals surface area (Å²) in [5.74, 6) is -0.213. The molecule has 0 fully saturated rings. The molecule has 0 N–H and O–H groups in total. The maximum Gasteiger partial charge on any atom is 0.339 e. The number of aromatic nitrogens is 2. The molecule has 8 heteroatoms. The van der Waals surface area contributed by atoms with Gasteiger partial charge < -0.3 is 18.6 Å². The topological polar surface area (TPSA) is 83.7 Å². The molecule has 7 nitrogen and oxygen atoms in total. The smallest absolute Gasteiger partial charge is 0.339 e. The van der Waals surface area contributed by atoms with Crippen LogP contribution in [0, 0.1) is 5.82 Å². The highest BCUT2D eigenvalue weighted by Gasteiger charge is 2.21. The molecule has 0 aliphatic carbocycles. The summed E-state index contributed by atoms with van der Waals surface area (Å²) in [4.78, 5) is 12.2. The Morgan fingerprint density at radius 2 is 1.81 bits per heavy atom. The molecule has 1 atom stereocenters. The van der Waals surface area contributed by atoms with Gasteiger partial charge in [0.2, 0.25) is 5.89 Å². The molecule has 0 aliphatic rings. The summed E-state index contributed by atoms with van der Waals surface area (Å²) in [6.07, 6.45) is -0.804. The predicted molar refractivity (Wildman–Crippen MR) is 93.1 cm³/mol. The Hall–Kier alpha value is -3.42. The van der Waals surface area contributed by atoms with Gasteiger partial charge in [-0.05, 0) is 49.4 Å². The molecule has 27 heavy (non-hydrogen) atoms. The van der Waals surface area contributed by atoms with E-state index in [9.17, 15) is 9.18 Å². The van der Waals surface area contributed by atoms with E-state index >= 15 is 0 Å². The number of hydrogen-bond acceptors (Lipinski definition) is 7. The van der Waals surface area contributed by atoms with Gasteiger partial charge in [-0.1, -0.05) is 0 Å². The van der Waals surface area contributed by atoms with Gasteiger partial charge in [-0.3, -0.25) is 0 Å². The third-order valence-electron chi connectivity index (χ3n) is 3.80. The van der Waals surface area contributed by atoms with Gasteiger partial charge >= 0.3 is 5.97 Å². The van der Waals surface area contributed by atoms with E-state index in [2.05, 4.69) is 10.2 Å². The van der Waals surface area contributed by atoms with Gasteiger partial charge in [-0.25, -0.2) is 9.18 Å². The van der Waals surface area contributed by atoms with Crippen molar-refractivity contribution >= 4 is 5.97 Å². The molecule has 3 rings (SSSR count). The van der Waals surface area contributed by atoms with Crippen LogP contribution in [0.5, 0.6) is 11.5 Å². The van der Waals surface area contributed by atoms with Crippen molar-refractivity contribution in [1.29, 1.82) is 0 Å². The molecule has 2 aromatic carbocycles. The van der Waals surface area contributed by atoms with E-state index in [0.717, 1.165) is 6.07 Å². The SMILES string of the molecule is COc1ccc(-c2nnc(C(C)OC(=O)c3ccc(OC)c(F)c3)o2)cc1. The van der Waals surface area contributed by atoms with Crippen molar-refractivity contribution in [3.8, 4) is 23.0 Å². The van der Waals surface area contributed by atoms with Crippen molar-refractivity contribution in [3.63, 3.8) is 0 Å². The molecule has 140 valence electrons. The highest BCUT2D eigenvalue weighted by Crippen LogP contribution is 2.25. The van der Waals surface area contributed by atoms with Crippen LogP contribution >= 0.6 is 0 Å². The molecule has 3 aromatic rings. The molecule has 0 saturated heterocycles. The summed E-state index contributed by atoms with van der Waals surface area (Å²) in [5, 5.41) is 7.86. The van der Waals surface area contributed by atoms with Crippen LogP contribution in [0.1, 0.15) is 29.3 Å². The van der Waals surface area contributed by atoms with Crippen molar-refractivity contribution < 1.29 is 27.8 Å². The van der Waals surface area contributed by atoms with Gasteiger partial charge in [0.05, 0.1) is 19.8 Å². The van der Waals surface area contributed by atoms with Crippen molar-refractivity contribution in [3.05, 3.63) is 59.7 Å². The molecular weight excluding hydrogens is 355 g/mol. The van der Waals surface area contributed by atoms with Crippen LogP contribution in [0.4, 0.5) is 4.39 Å². The Morgan fingerprint density at radius 3 is 2.44 bits per heavy atom. The van der Waals surface area contributed by atoms with E-state index in [4.69, 9.17) is 18.6 Å². The number of carbonyl (C=O) groups is 1. The molecule has 0 radical (unpaired) electrons. The van der Waals surface area contributed by atoms with E-state index < -0.39 is 17.9 Å². The number of nitrogens with zero attached hydrogens (tertiary/aromatic N) is 2. The lowest BCUT2D eigenvalue weighted by molar-refractivity contribution is 0.0279. The maximum atomic E-state index is 13.7. The molecule has 0 bridgehead atoms. The van der Waals surface area contributed by atoms with Crippen molar-refractivity contribution in [2.24, 2.45) is 0 Å². The number of methoxy groups -OCH3 is 2. The van der Waals surface area contributed by atoms with Gasteiger partial charge in [-0.15, -0.1) is 10.2 Å². The molecule has 1 unspecified atom stereocenters. The number of benzene rings is 2. The van der Waals surface area contributed by atoms with Gasteiger partial charge in [0.25, 0.3) is 5.89 Å². The van der Waals surface area contributed by atoms with E-state index in [1.807, 2.05) is 0 Å². The lowest BCUT2D eigenvalue weighted by Gasteiger charge is -2.10. The Kier molecular flexibility index (Phi) is 5.35. The zero-order valence-electron chi connectivity index (χ0n) is 14.9. The number of carbonyl (C=O) groups excluding carboxylic acids is 1. The lowest BCUT2D eigenvalue weighted by Crippen LogP contribution is -2.10. The fourth-order valence-electron chi connectivity index (χ4n) is 2.32. The molecule has 0 saturated carbocycles. The van der Waals surface area contributed by atoms with Gasteiger partial charge in [-0.2, -0.15) is 0 Å². The molecule has 1 heterocycles. The van der Waals surface area contributed by atoms with Crippen LogP contribution in [0.3, 0.4) is 0 Å². The molecule has 0 aliphatic heterocycles. The van der Waals surface area contributed by atoms with Crippen LogP contribution in [-0.4, -0.2) is 30.4 Å². The van der Waals surface area contributed by atoms with Crippen LogP contribution in [-0.2, 0) is 4.74 Å². The third kappa shape index (κ3) is 4.05. The van der Waals surface area contributed by atoms with Crippen LogP contribution < -0.4 is 9.47 Å². The zero-order valence-corrected chi connectivity index (χ0v) is 14.9. The first kappa shape index (κ1) is 18.4. The van der Waals surface area contributed by atoms with Crippen LogP contribution in [0.2, 0.25) is 0 Å². The normalized spacial score (nSPS) is 11.7. The average molecular weight is 372 g/mol. The van der Waals surface area contributed by atoms with Gasteiger partial charge in [0.1, 0.15) is 5.75 Å². The van der Waals surface area contributed by atoms with Gasteiger partial charge in [0.15, 0.2) is 17.7 Å². The summed E-state index contributed by atoms with van der Waals surface area (Å²) in [7, 11) is 2.92. The minimum atomic E-state index is -0.804. The number of esters is 1. The van der Waals surface area contributed by atoms with Crippen LogP contribution in [0.15, 0.2) is 46.9 Å². The first-order valence-electron chi connectivity index (χ1n) is 8.04. The quantitative estimate of drug-likeness (QED) is 0.608. The first-order chi connectivity index (χ1) is 13.0. The summed E-state index contributed by atoms with van der Waals surface area (Å²) < 4.78 is 34.5. The summed E-state index contributed by atoms with van der Waals surface area (Å²) in [6, 6.07) is 10.9. The summed E-state index contributed by atoms with van der Waals surface area (Å²) >= 11 is 0. The zero-order chi connectivity index (χ0) is 19.4. The number of halogens is 1. The predicted octanol–water partition coefficient (Wildman–Crippen LogP) is 3.81. The second-order valence-corrected chi connectivity index (χ2v) is 5.57. The Labute approximate surface area is 154 Å². The summed E-state index contributed by atoms with van der Waals surface area (Å²) in [5.41, 5.74) is 0.750. The number of ether oxygens (including phenoxy) is 3. The molecule has 0 amide bonds. The third-order valence-corrected chi connectivity index (χ3v) is 3.80. The van der Waals surface area contributed by atoms with Crippen molar-refractivity contribution in [1.82, 2.24) is 10.2 Å². The fraction of sp³-hybridized carbons (Fsp3) is 0.211. The minimum absolute atomic E-state index is 0.0423. The van der Waals surface area contributed by atoms with Gasteiger partial charge in [0, 0.05) is 5.56 Å².